The maximum atomic E-state index is 11.8. The summed E-state index contributed by atoms with van der Waals surface area (Å²) in [6.07, 6.45) is 0. The Morgan fingerprint density at radius 1 is 1.33 bits per heavy atom. The zero-order valence-electron chi connectivity index (χ0n) is 11.2. The molecule has 2 aromatic rings. The molecule has 0 atom stereocenters. The molecule has 0 aliphatic heterocycles. The van der Waals surface area contributed by atoms with Gasteiger partial charge in [0, 0.05) is 5.56 Å². The molecule has 0 unspecified atom stereocenters. The molecule has 21 heavy (non-hydrogen) atoms. The SMILES string of the molecule is CCOc1ccc(-c2nn(CC(=O)O)c(=O)[nH]c2=O)cc1. The first-order valence-corrected chi connectivity index (χ1v) is 6.17. The largest absolute Gasteiger partial charge is 0.494 e. The first-order valence-electron chi connectivity index (χ1n) is 6.17. The molecule has 0 amide bonds. The lowest BCUT2D eigenvalue weighted by Crippen LogP contribution is -2.35. The summed E-state index contributed by atoms with van der Waals surface area (Å²) in [5.41, 5.74) is -1.11. The Labute approximate surface area is 118 Å². The maximum absolute atomic E-state index is 11.8. The predicted molar refractivity (Wildman–Crippen MR) is 73.4 cm³/mol. The number of aromatic nitrogens is 3. The van der Waals surface area contributed by atoms with Crippen LogP contribution in [0.2, 0.25) is 0 Å². The van der Waals surface area contributed by atoms with Gasteiger partial charge in [0.15, 0.2) is 5.69 Å². The summed E-state index contributed by atoms with van der Waals surface area (Å²) in [5.74, 6) is -0.592. The smallest absolute Gasteiger partial charge is 0.345 e. The van der Waals surface area contributed by atoms with Gasteiger partial charge in [-0.3, -0.25) is 14.6 Å². The predicted octanol–water partition coefficient (Wildman–Crippen LogP) is 0.0819. The van der Waals surface area contributed by atoms with Crippen LogP contribution < -0.4 is 16.0 Å². The van der Waals surface area contributed by atoms with Crippen molar-refractivity contribution in [3.63, 3.8) is 0 Å². The third-order valence-corrected chi connectivity index (χ3v) is 2.61. The van der Waals surface area contributed by atoms with Crippen LogP contribution in [0.5, 0.6) is 5.75 Å². The van der Waals surface area contributed by atoms with Crippen molar-refractivity contribution in [3.8, 4) is 17.0 Å². The summed E-state index contributed by atoms with van der Waals surface area (Å²) in [6.45, 7) is 1.74. The van der Waals surface area contributed by atoms with Gasteiger partial charge in [0.25, 0.3) is 5.56 Å². The van der Waals surface area contributed by atoms with E-state index in [1.165, 1.54) is 0 Å². The second-order valence-corrected chi connectivity index (χ2v) is 4.12. The fraction of sp³-hybridized carbons (Fsp3) is 0.231. The highest BCUT2D eigenvalue weighted by Crippen LogP contribution is 2.17. The van der Waals surface area contributed by atoms with Crippen LogP contribution in [0, 0.1) is 0 Å². The summed E-state index contributed by atoms with van der Waals surface area (Å²) >= 11 is 0. The van der Waals surface area contributed by atoms with E-state index in [0.717, 1.165) is 0 Å². The number of carboxylic acid groups (broad SMARTS) is 1. The Balaban J connectivity index is 2.45. The molecule has 0 spiro atoms. The molecule has 8 heteroatoms. The lowest BCUT2D eigenvalue weighted by atomic mass is 10.1. The van der Waals surface area contributed by atoms with E-state index in [-0.39, 0.29) is 5.69 Å². The van der Waals surface area contributed by atoms with Crippen LogP contribution in [0.4, 0.5) is 0 Å². The van der Waals surface area contributed by atoms with E-state index in [1.54, 1.807) is 24.3 Å². The highest BCUT2D eigenvalue weighted by molar-refractivity contribution is 5.66. The number of carbonyl (C=O) groups is 1. The van der Waals surface area contributed by atoms with Crippen molar-refractivity contribution in [1.29, 1.82) is 0 Å². The van der Waals surface area contributed by atoms with Crippen molar-refractivity contribution in [2.75, 3.05) is 6.61 Å². The van der Waals surface area contributed by atoms with Crippen LogP contribution in [0.3, 0.4) is 0 Å². The van der Waals surface area contributed by atoms with Crippen molar-refractivity contribution in [2.45, 2.75) is 13.5 Å². The second kappa shape index (κ2) is 6.04. The molecule has 1 aromatic carbocycles. The minimum absolute atomic E-state index is 0.0288. The number of benzene rings is 1. The van der Waals surface area contributed by atoms with E-state index in [2.05, 4.69) is 5.10 Å². The van der Waals surface area contributed by atoms with Crippen LogP contribution >= 0.6 is 0 Å². The lowest BCUT2D eigenvalue weighted by molar-refractivity contribution is -0.138. The van der Waals surface area contributed by atoms with Gasteiger partial charge in [-0.05, 0) is 31.2 Å². The van der Waals surface area contributed by atoms with E-state index >= 15 is 0 Å². The molecule has 0 radical (unpaired) electrons. The van der Waals surface area contributed by atoms with Crippen LogP contribution in [-0.2, 0) is 11.3 Å². The molecule has 0 aliphatic rings. The van der Waals surface area contributed by atoms with Gasteiger partial charge >= 0.3 is 11.7 Å². The van der Waals surface area contributed by atoms with Crippen molar-refractivity contribution in [1.82, 2.24) is 14.8 Å². The van der Waals surface area contributed by atoms with Crippen LogP contribution in [0.25, 0.3) is 11.3 Å². The summed E-state index contributed by atoms with van der Waals surface area (Å²) < 4.78 is 5.97. The topological polar surface area (TPSA) is 114 Å². The summed E-state index contributed by atoms with van der Waals surface area (Å²) in [5, 5.41) is 12.5. The molecule has 110 valence electrons. The average molecular weight is 291 g/mol. The number of hydrogen-bond donors (Lipinski definition) is 2. The van der Waals surface area contributed by atoms with Crippen LogP contribution in [0.1, 0.15) is 6.92 Å². The number of hydrogen-bond acceptors (Lipinski definition) is 5. The van der Waals surface area contributed by atoms with Gasteiger partial charge in [0.2, 0.25) is 0 Å². The van der Waals surface area contributed by atoms with Crippen molar-refractivity contribution >= 4 is 5.97 Å². The summed E-state index contributed by atoms with van der Waals surface area (Å²) in [4.78, 5) is 35.9. The molecule has 0 bridgehead atoms. The zero-order chi connectivity index (χ0) is 15.4. The first kappa shape index (κ1) is 14.5. The number of rotatable bonds is 5. The van der Waals surface area contributed by atoms with E-state index in [0.29, 0.717) is 22.6 Å². The molecule has 2 rings (SSSR count). The second-order valence-electron chi connectivity index (χ2n) is 4.12. The van der Waals surface area contributed by atoms with Crippen LogP contribution in [0.15, 0.2) is 33.9 Å². The van der Waals surface area contributed by atoms with E-state index < -0.39 is 23.8 Å². The molecule has 0 saturated heterocycles. The molecule has 0 fully saturated rings. The summed E-state index contributed by atoms with van der Waals surface area (Å²) in [7, 11) is 0. The molecular weight excluding hydrogens is 278 g/mol. The van der Waals surface area contributed by atoms with E-state index in [4.69, 9.17) is 9.84 Å². The fourth-order valence-electron chi connectivity index (χ4n) is 1.73. The van der Waals surface area contributed by atoms with Gasteiger partial charge < -0.3 is 9.84 Å². The molecular formula is C13H13N3O5. The highest BCUT2D eigenvalue weighted by Gasteiger charge is 2.11. The number of aliphatic carboxylic acids is 1. The minimum Gasteiger partial charge on any atom is -0.494 e. The van der Waals surface area contributed by atoms with Gasteiger partial charge in [-0.15, -0.1) is 0 Å². The van der Waals surface area contributed by atoms with E-state index in [9.17, 15) is 14.4 Å². The third-order valence-electron chi connectivity index (χ3n) is 2.61. The van der Waals surface area contributed by atoms with Gasteiger partial charge in [-0.1, -0.05) is 0 Å². The van der Waals surface area contributed by atoms with Crippen LogP contribution in [-0.4, -0.2) is 32.4 Å². The normalized spacial score (nSPS) is 10.3. The molecule has 0 aliphatic carbocycles. The Kier molecular flexibility index (Phi) is 4.17. The maximum Gasteiger partial charge on any atom is 0.345 e. The van der Waals surface area contributed by atoms with Crippen molar-refractivity contribution < 1.29 is 14.6 Å². The zero-order valence-corrected chi connectivity index (χ0v) is 11.2. The highest BCUT2D eigenvalue weighted by atomic mass is 16.5. The molecule has 0 saturated carbocycles. The summed E-state index contributed by atoms with van der Waals surface area (Å²) in [6, 6.07) is 6.54. The molecule has 1 heterocycles. The monoisotopic (exact) mass is 291 g/mol. The number of nitrogens with zero attached hydrogens (tertiary/aromatic N) is 2. The Morgan fingerprint density at radius 2 is 2.00 bits per heavy atom. The Morgan fingerprint density at radius 3 is 2.57 bits per heavy atom. The number of H-pyrrole nitrogens is 1. The average Bonchev–Trinajstić information content (AvgIpc) is 2.43. The van der Waals surface area contributed by atoms with Crippen molar-refractivity contribution in [3.05, 3.63) is 45.1 Å². The standard InChI is InChI=1S/C13H13N3O5/c1-2-21-9-5-3-8(4-6-9)11-12(19)14-13(20)16(15-11)7-10(17)18/h3-6H,2,7H2,1H3,(H,17,18)(H,14,19,20). The quantitative estimate of drug-likeness (QED) is 0.806. The Bertz CT molecular complexity index is 761. The Hall–Kier alpha value is -2.90. The first-order chi connectivity index (χ1) is 10.0. The van der Waals surface area contributed by atoms with E-state index in [1.807, 2.05) is 11.9 Å². The van der Waals surface area contributed by atoms with Gasteiger partial charge in [-0.25, -0.2) is 9.48 Å². The number of nitrogens with one attached hydrogen (secondary N) is 1. The van der Waals surface area contributed by atoms with Crippen molar-refractivity contribution in [2.24, 2.45) is 0 Å². The lowest BCUT2D eigenvalue weighted by Gasteiger charge is -2.06. The van der Waals surface area contributed by atoms with Gasteiger partial charge in [0.1, 0.15) is 12.3 Å². The number of carboxylic acids is 1. The molecule has 1 aromatic heterocycles. The molecule has 2 N–H and O–H groups in total. The van der Waals surface area contributed by atoms with Gasteiger partial charge in [0.05, 0.1) is 6.61 Å². The van der Waals surface area contributed by atoms with Gasteiger partial charge in [-0.2, -0.15) is 5.10 Å². The minimum atomic E-state index is -1.23. The third kappa shape index (κ3) is 3.35. The molecule has 8 nitrogen and oxygen atoms in total. The number of ether oxygens (including phenoxy) is 1. The number of aromatic amines is 1. The fourth-order valence-corrected chi connectivity index (χ4v) is 1.73.